The molecule has 0 fully saturated rings. The maximum Gasteiger partial charge on any atom is 0.337 e. The second kappa shape index (κ2) is 8.58. The van der Waals surface area contributed by atoms with Crippen molar-refractivity contribution in [1.82, 2.24) is 0 Å². The van der Waals surface area contributed by atoms with Crippen LogP contribution >= 0.6 is 0 Å². The van der Waals surface area contributed by atoms with E-state index < -0.39 is 11.9 Å². The van der Waals surface area contributed by atoms with Gasteiger partial charge in [-0.05, 0) is 79.4 Å². The van der Waals surface area contributed by atoms with E-state index in [0.717, 1.165) is 22.3 Å². The minimum atomic E-state index is -1.13. The number of phenols is 1. The number of aromatic carboxylic acids is 1. The van der Waals surface area contributed by atoms with E-state index >= 15 is 0 Å². The normalized spacial score (nSPS) is 14.5. The lowest BCUT2D eigenvalue weighted by Gasteiger charge is -2.13. The summed E-state index contributed by atoms with van der Waals surface area (Å²) >= 11 is 0. The molecule has 1 heterocycles. The summed E-state index contributed by atoms with van der Waals surface area (Å²) in [6.45, 7) is 5.62. The van der Waals surface area contributed by atoms with Crippen LogP contribution in [0.25, 0.3) is 11.1 Å². The maximum atomic E-state index is 13.0. The largest absolute Gasteiger partial charge is 0.508 e. The smallest absolute Gasteiger partial charge is 0.337 e. The number of aromatic hydroxyl groups is 1. The van der Waals surface area contributed by atoms with Crippen molar-refractivity contribution in [2.75, 3.05) is 10.4 Å². The lowest BCUT2D eigenvalue weighted by molar-refractivity contribution is -0.112. The summed E-state index contributed by atoms with van der Waals surface area (Å²) in [6.07, 6.45) is 0. The van der Waals surface area contributed by atoms with Gasteiger partial charge in [-0.1, -0.05) is 24.3 Å². The monoisotopic (exact) mass is 442 g/mol. The average molecular weight is 442 g/mol. The minimum Gasteiger partial charge on any atom is -0.508 e. The lowest BCUT2D eigenvalue weighted by Crippen LogP contribution is -2.28. The second-order valence-electron chi connectivity index (χ2n) is 7.76. The molecule has 0 bridgehead atoms. The predicted molar refractivity (Wildman–Crippen MR) is 128 cm³/mol. The average Bonchev–Trinajstić information content (AvgIpc) is 3.07. The Morgan fingerprint density at radius 1 is 0.939 bits per heavy atom. The molecule has 3 aromatic carbocycles. The topological polar surface area (TPSA) is 115 Å². The number of amides is 1. The lowest BCUT2D eigenvalue weighted by atomic mass is 10.0. The molecule has 33 heavy (non-hydrogen) atoms. The fraction of sp³-hybridized carbons (Fsp3) is 0.120. The van der Waals surface area contributed by atoms with Gasteiger partial charge in [0, 0.05) is 0 Å². The first-order valence-electron chi connectivity index (χ1n) is 10.2. The quantitative estimate of drug-likeness (QED) is 0.501. The maximum absolute atomic E-state index is 13.0. The van der Waals surface area contributed by atoms with Gasteiger partial charge in [-0.25, -0.2) is 4.79 Å². The van der Waals surface area contributed by atoms with Crippen molar-refractivity contribution in [2.24, 2.45) is 10.2 Å². The van der Waals surface area contributed by atoms with Gasteiger partial charge < -0.3 is 10.2 Å². The molecule has 0 aliphatic carbocycles. The molecule has 0 atom stereocenters. The molecule has 1 amide bonds. The van der Waals surface area contributed by atoms with E-state index in [1.54, 1.807) is 43.3 Å². The number of hydrazone groups is 2. The highest BCUT2D eigenvalue weighted by Crippen LogP contribution is 2.28. The van der Waals surface area contributed by atoms with E-state index in [-0.39, 0.29) is 22.7 Å². The molecule has 8 nitrogen and oxygen atoms in total. The van der Waals surface area contributed by atoms with Crippen molar-refractivity contribution in [2.45, 2.75) is 20.8 Å². The van der Waals surface area contributed by atoms with Crippen LogP contribution < -0.4 is 10.4 Å². The molecule has 0 aromatic heterocycles. The number of aryl methyl sites for hydroxylation is 2. The van der Waals surface area contributed by atoms with Gasteiger partial charge in [-0.3, -0.25) is 10.2 Å². The molecule has 3 N–H and O–H groups in total. The van der Waals surface area contributed by atoms with Crippen molar-refractivity contribution >= 4 is 34.7 Å². The molecule has 1 aliphatic rings. The Morgan fingerprint density at radius 3 is 2.30 bits per heavy atom. The van der Waals surface area contributed by atoms with Crippen LogP contribution in [0, 0.1) is 13.8 Å². The summed E-state index contributed by atoms with van der Waals surface area (Å²) < 4.78 is 0. The zero-order valence-electron chi connectivity index (χ0n) is 18.3. The van der Waals surface area contributed by atoms with Gasteiger partial charge >= 0.3 is 11.9 Å². The Morgan fingerprint density at radius 2 is 1.64 bits per heavy atom. The summed E-state index contributed by atoms with van der Waals surface area (Å²) in [5.41, 5.74) is 7.78. The number of carboxylic acid groups (broad SMARTS) is 1. The highest BCUT2D eigenvalue weighted by molar-refractivity contribution is 6.71. The van der Waals surface area contributed by atoms with Gasteiger partial charge in [0.15, 0.2) is 5.71 Å². The van der Waals surface area contributed by atoms with Gasteiger partial charge in [0.25, 0.3) is 0 Å². The van der Waals surface area contributed by atoms with Crippen LogP contribution in [-0.4, -0.2) is 33.5 Å². The zero-order chi connectivity index (χ0) is 23.7. The third-order valence-corrected chi connectivity index (χ3v) is 5.46. The fourth-order valence-corrected chi connectivity index (χ4v) is 3.43. The number of anilines is 2. The van der Waals surface area contributed by atoms with Crippen LogP contribution in [0.1, 0.15) is 28.4 Å². The number of nitrogens with zero attached hydrogens (tertiary/aromatic N) is 3. The number of hydrogen-bond acceptors (Lipinski definition) is 6. The molecule has 8 heteroatoms. The molecule has 4 rings (SSSR count). The fourth-order valence-electron chi connectivity index (χ4n) is 3.43. The first-order valence-corrected chi connectivity index (χ1v) is 10.2. The summed E-state index contributed by atoms with van der Waals surface area (Å²) in [4.78, 5) is 24.7. The van der Waals surface area contributed by atoms with Crippen LogP contribution in [0.4, 0.5) is 11.4 Å². The van der Waals surface area contributed by atoms with Gasteiger partial charge in [-0.15, -0.1) is 0 Å². The van der Waals surface area contributed by atoms with Crippen LogP contribution in [0.15, 0.2) is 70.9 Å². The van der Waals surface area contributed by atoms with Crippen LogP contribution in [0.3, 0.4) is 0 Å². The van der Waals surface area contributed by atoms with E-state index in [2.05, 4.69) is 15.6 Å². The number of carbonyl (C=O) groups excluding carboxylic acids is 1. The van der Waals surface area contributed by atoms with E-state index in [1.165, 1.54) is 11.1 Å². The Bertz CT molecular complexity index is 1330. The number of carboxylic acids is 1. The number of carbonyl (C=O) groups is 2. The predicted octanol–water partition coefficient (Wildman–Crippen LogP) is 4.56. The molecule has 0 radical (unpaired) electrons. The highest BCUT2D eigenvalue weighted by atomic mass is 16.4. The van der Waals surface area contributed by atoms with E-state index in [0.29, 0.717) is 11.4 Å². The van der Waals surface area contributed by atoms with Gasteiger partial charge in [0.1, 0.15) is 5.75 Å². The molecular formula is C25H22N4O4. The third kappa shape index (κ3) is 4.31. The Balaban J connectivity index is 1.65. The van der Waals surface area contributed by atoms with Crippen LogP contribution in [-0.2, 0) is 4.79 Å². The number of benzene rings is 3. The summed E-state index contributed by atoms with van der Waals surface area (Å²) in [5.74, 6) is -1.40. The standard InChI is InChI=1S/C25H22N4O4/c1-14-4-8-19(12-15(14)2)29-24(31)23(16(3)28-29)27-26-22-13-18(7-11-21(22)25(32)33)17-5-9-20(30)10-6-17/h4-13,26,30H,1-3H3,(H,32,33). The molecule has 3 aromatic rings. The van der Waals surface area contributed by atoms with Crippen LogP contribution in [0.2, 0.25) is 0 Å². The van der Waals surface area contributed by atoms with E-state index in [1.807, 2.05) is 32.0 Å². The molecule has 1 aliphatic heterocycles. The molecule has 0 spiro atoms. The van der Waals surface area contributed by atoms with Crippen molar-refractivity contribution in [3.05, 3.63) is 77.4 Å². The minimum absolute atomic E-state index is 0.00734. The van der Waals surface area contributed by atoms with Gasteiger partial charge in [0.05, 0.1) is 22.6 Å². The summed E-state index contributed by atoms with van der Waals surface area (Å²) in [7, 11) is 0. The Kier molecular flexibility index (Phi) is 5.66. The van der Waals surface area contributed by atoms with Crippen molar-refractivity contribution < 1.29 is 19.8 Å². The first-order chi connectivity index (χ1) is 15.7. The van der Waals surface area contributed by atoms with Crippen LogP contribution in [0.5, 0.6) is 5.75 Å². The Hall–Kier alpha value is -4.46. The van der Waals surface area contributed by atoms with E-state index in [9.17, 15) is 19.8 Å². The van der Waals surface area contributed by atoms with Gasteiger partial charge in [-0.2, -0.15) is 15.2 Å². The molecular weight excluding hydrogens is 420 g/mol. The van der Waals surface area contributed by atoms with E-state index in [4.69, 9.17) is 0 Å². The van der Waals surface area contributed by atoms with Gasteiger partial charge in [0.2, 0.25) is 0 Å². The number of nitrogens with one attached hydrogen (secondary N) is 1. The second-order valence-corrected chi connectivity index (χ2v) is 7.76. The first kappa shape index (κ1) is 21.8. The molecule has 0 saturated carbocycles. The highest BCUT2D eigenvalue weighted by Gasteiger charge is 2.31. The van der Waals surface area contributed by atoms with Crippen molar-refractivity contribution in [3.63, 3.8) is 0 Å². The zero-order valence-corrected chi connectivity index (χ0v) is 18.3. The Labute approximate surface area is 190 Å². The molecule has 166 valence electrons. The number of hydrogen-bond donors (Lipinski definition) is 3. The number of phenolic OH excluding ortho intramolecular Hbond substituents is 1. The summed E-state index contributed by atoms with van der Waals surface area (Å²) in [5, 5.41) is 28.9. The third-order valence-electron chi connectivity index (χ3n) is 5.46. The molecule has 0 saturated heterocycles. The summed E-state index contributed by atoms with van der Waals surface area (Å²) in [6, 6.07) is 16.9. The molecule has 0 unspecified atom stereocenters. The number of rotatable bonds is 5. The SMILES string of the molecule is CC1=NN(c2ccc(C)c(C)c2)C(=O)C1=NNc1cc(-c2ccc(O)cc2)ccc1C(=O)O. The van der Waals surface area contributed by atoms with Crippen molar-refractivity contribution in [1.29, 1.82) is 0 Å². The van der Waals surface area contributed by atoms with Crippen molar-refractivity contribution in [3.8, 4) is 16.9 Å².